The predicted molar refractivity (Wildman–Crippen MR) is 100 cm³/mol. The molecule has 0 unspecified atom stereocenters. The van der Waals surface area contributed by atoms with E-state index in [0.29, 0.717) is 17.1 Å². The molecule has 0 saturated carbocycles. The van der Waals surface area contributed by atoms with Crippen molar-refractivity contribution in [3.63, 3.8) is 0 Å². The molecule has 2 aromatic carbocycles. The van der Waals surface area contributed by atoms with E-state index in [1.807, 2.05) is 0 Å². The van der Waals surface area contributed by atoms with Crippen LogP contribution in [0.3, 0.4) is 0 Å². The standard InChI is InChI=1S/C18H21FN2O5S/c1-25-16-9-13(10-17(12-16)26-2)18(22)20-7-8-21(27(3,23)24)15-6-4-5-14(19)11-15/h4-6,9-12H,7-8H2,1-3H3,(H,20,22). The van der Waals surface area contributed by atoms with Gasteiger partial charge in [0.2, 0.25) is 10.0 Å². The van der Waals surface area contributed by atoms with E-state index in [0.717, 1.165) is 16.6 Å². The van der Waals surface area contributed by atoms with E-state index in [-0.39, 0.29) is 18.8 Å². The Morgan fingerprint density at radius 1 is 1.11 bits per heavy atom. The minimum atomic E-state index is -3.64. The van der Waals surface area contributed by atoms with E-state index in [9.17, 15) is 17.6 Å². The first kappa shape index (κ1) is 20.5. The fraction of sp³-hybridized carbons (Fsp3) is 0.278. The molecule has 146 valence electrons. The molecule has 0 spiro atoms. The maximum atomic E-state index is 13.4. The summed E-state index contributed by atoms with van der Waals surface area (Å²) in [7, 11) is -0.700. The average molecular weight is 396 g/mol. The third-order valence-corrected chi connectivity index (χ3v) is 4.90. The Balaban J connectivity index is 2.10. The number of carbonyl (C=O) groups is 1. The lowest BCUT2D eigenvalue weighted by atomic mass is 10.2. The van der Waals surface area contributed by atoms with Gasteiger partial charge in [-0.05, 0) is 30.3 Å². The van der Waals surface area contributed by atoms with Crippen molar-refractivity contribution in [3.05, 3.63) is 53.8 Å². The molecule has 0 aliphatic rings. The lowest BCUT2D eigenvalue weighted by Crippen LogP contribution is -2.38. The summed E-state index contributed by atoms with van der Waals surface area (Å²) in [5.41, 5.74) is 0.498. The van der Waals surface area contributed by atoms with Gasteiger partial charge in [0, 0.05) is 18.2 Å². The molecule has 0 bridgehead atoms. The molecule has 0 aliphatic heterocycles. The summed E-state index contributed by atoms with van der Waals surface area (Å²) in [6.07, 6.45) is 1.02. The van der Waals surface area contributed by atoms with Crippen molar-refractivity contribution in [2.45, 2.75) is 0 Å². The van der Waals surface area contributed by atoms with Crippen molar-refractivity contribution in [3.8, 4) is 11.5 Å². The lowest BCUT2D eigenvalue weighted by molar-refractivity contribution is 0.0954. The van der Waals surface area contributed by atoms with Gasteiger partial charge in [0.25, 0.3) is 5.91 Å². The Bertz CT molecular complexity index is 895. The second-order valence-corrected chi connectivity index (χ2v) is 7.58. The zero-order chi connectivity index (χ0) is 20.0. The molecule has 2 aromatic rings. The van der Waals surface area contributed by atoms with Gasteiger partial charge in [0.1, 0.15) is 17.3 Å². The number of anilines is 1. The topological polar surface area (TPSA) is 84.9 Å². The number of nitrogens with one attached hydrogen (secondary N) is 1. The number of halogens is 1. The van der Waals surface area contributed by atoms with Crippen LogP contribution in [0.1, 0.15) is 10.4 Å². The summed E-state index contributed by atoms with van der Waals surface area (Å²) in [4.78, 5) is 12.4. The van der Waals surface area contributed by atoms with Crippen molar-refractivity contribution < 1.29 is 27.1 Å². The van der Waals surface area contributed by atoms with E-state index in [4.69, 9.17) is 9.47 Å². The minimum absolute atomic E-state index is 0.0297. The number of nitrogens with zero attached hydrogens (tertiary/aromatic N) is 1. The first-order valence-electron chi connectivity index (χ1n) is 7.99. The monoisotopic (exact) mass is 396 g/mol. The van der Waals surface area contributed by atoms with Gasteiger partial charge in [-0.25, -0.2) is 12.8 Å². The summed E-state index contributed by atoms with van der Waals surface area (Å²) >= 11 is 0. The van der Waals surface area contributed by atoms with Crippen LogP contribution >= 0.6 is 0 Å². The van der Waals surface area contributed by atoms with Crippen molar-refractivity contribution in [2.75, 3.05) is 37.9 Å². The molecular formula is C18H21FN2O5S. The number of amides is 1. The van der Waals surface area contributed by atoms with Gasteiger partial charge in [-0.3, -0.25) is 9.10 Å². The molecule has 0 radical (unpaired) electrons. The highest BCUT2D eigenvalue weighted by Crippen LogP contribution is 2.22. The summed E-state index contributed by atoms with van der Waals surface area (Å²) < 4.78 is 48.7. The van der Waals surface area contributed by atoms with Crippen molar-refractivity contribution in [1.82, 2.24) is 5.32 Å². The largest absolute Gasteiger partial charge is 0.497 e. The average Bonchev–Trinajstić information content (AvgIpc) is 2.63. The van der Waals surface area contributed by atoms with Crippen molar-refractivity contribution in [2.24, 2.45) is 0 Å². The molecule has 0 fully saturated rings. The van der Waals surface area contributed by atoms with Crippen LogP contribution in [-0.2, 0) is 10.0 Å². The van der Waals surface area contributed by atoms with Gasteiger partial charge in [-0.1, -0.05) is 6.07 Å². The number of hydrogen-bond donors (Lipinski definition) is 1. The third-order valence-electron chi connectivity index (χ3n) is 3.71. The summed E-state index contributed by atoms with van der Waals surface area (Å²) in [6.45, 7) is -0.0168. The van der Waals surface area contributed by atoms with Crippen LogP contribution in [0, 0.1) is 5.82 Å². The molecule has 0 aromatic heterocycles. The predicted octanol–water partition coefficient (Wildman–Crippen LogP) is 2.04. The Hall–Kier alpha value is -2.81. The number of ether oxygens (including phenoxy) is 2. The van der Waals surface area contributed by atoms with Crippen LogP contribution in [-0.4, -0.2) is 47.9 Å². The molecule has 1 N–H and O–H groups in total. The number of rotatable bonds is 8. The number of methoxy groups -OCH3 is 2. The summed E-state index contributed by atoms with van der Waals surface area (Å²) in [5, 5.41) is 2.64. The molecule has 0 aliphatic carbocycles. The first-order valence-corrected chi connectivity index (χ1v) is 9.84. The smallest absolute Gasteiger partial charge is 0.251 e. The molecule has 2 rings (SSSR count). The Kier molecular flexibility index (Phi) is 6.62. The second kappa shape index (κ2) is 8.72. The van der Waals surface area contributed by atoms with Crippen molar-refractivity contribution in [1.29, 1.82) is 0 Å². The molecule has 27 heavy (non-hydrogen) atoms. The summed E-state index contributed by atoms with van der Waals surface area (Å²) in [6, 6.07) is 9.96. The van der Waals surface area contributed by atoms with Crippen LogP contribution in [0.5, 0.6) is 11.5 Å². The van der Waals surface area contributed by atoms with E-state index < -0.39 is 21.7 Å². The number of hydrogen-bond acceptors (Lipinski definition) is 5. The van der Waals surface area contributed by atoms with Gasteiger partial charge in [0.15, 0.2) is 0 Å². The van der Waals surface area contributed by atoms with Gasteiger partial charge >= 0.3 is 0 Å². The van der Waals surface area contributed by atoms with Gasteiger partial charge in [-0.2, -0.15) is 0 Å². The second-order valence-electron chi connectivity index (χ2n) is 5.67. The fourth-order valence-corrected chi connectivity index (χ4v) is 3.35. The van der Waals surface area contributed by atoms with E-state index in [1.54, 1.807) is 18.2 Å². The molecule has 0 saturated heterocycles. The van der Waals surface area contributed by atoms with Gasteiger partial charge in [-0.15, -0.1) is 0 Å². The molecule has 9 heteroatoms. The lowest BCUT2D eigenvalue weighted by Gasteiger charge is -2.22. The van der Waals surface area contributed by atoms with Crippen LogP contribution in [0.25, 0.3) is 0 Å². The van der Waals surface area contributed by atoms with Crippen LogP contribution in [0.4, 0.5) is 10.1 Å². The maximum Gasteiger partial charge on any atom is 0.251 e. The summed E-state index contributed by atoms with van der Waals surface area (Å²) in [5.74, 6) is -0.0531. The third kappa shape index (κ3) is 5.58. The number of sulfonamides is 1. The fourth-order valence-electron chi connectivity index (χ4n) is 2.43. The molecule has 7 nitrogen and oxygen atoms in total. The minimum Gasteiger partial charge on any atom is -0.497 e. The van der Waals surface area contributed by atoms with E-state index in [1.165, 1.54) is 32.4 Å². The molecule has 1 amide bonds. The van der Waals surface area contributed by atoms with Crippen LogP contribution in [0.2, 0.25) is 0 Å². The SMILES string of the molecule is COc1cc(OC)cc(C(=O)NCCN(c2cccc(F)c2)S(C)(=O)=O)c1. The molecule has 0 atom stereocenters. The highest BCUT2D eigenvalue weighted by Gasteiger charge is 2.18. The zero-order valence-corrected chi connectivity index (χ0v) is 16.0. The maximum absolute atomic E-state index is 13.4. The van der Waals surface area contributed by atoms with Crippen molar-refractivity contribution >= 4 is 21.6 Å². The van der Waals surface area contributed by atoms with Gasteiger partial charge in [0.05, 0.1) is 32.7 Å². The zero-order valence-electron chi connectivity index (χ0n) is 15.2. The van der Waals surface area contributed by atoms with Crippen LogP contribution < -0.4 is 19.1 Å². The van der Waals surface area contributed by atoms with Gasteiger partial charge < -0.3 is 14.8 Å². The Morgan fingerprint density at radius 3 is 2.26 bits per heavy atom. The Morgan fingerprint density at radius 2 is 1.74 bits per heavy atom. The highest BCUT2D eigenvalue weighted by atomic mass is 32.2. The quantitative estimate of drug-likeness (QED) is 0.738. The van der Waals surface area contributed by atoms with E-state index in [2.05, 4.69) is 5.32 Å². The van der Waals surface area contributed by atoms with E-state index >= 15 is 0 Å². The molecular weight excluding hydrogens is 375 g/mol. The Labute approximate surface area is 157 Å². The first-order chi connectivity index (χ1) is 12.7. The number of benzene rings is 2. The number of carbonyl (C=O) groups excluding carboxylic acids is 1. The van der Waals surface area contributed by atoms with Crippen LogP contribution in [0.15, 0.2) is 42.5 Å². The molecule has 0 heterocycles. The highest BCUT2D eigenvalue weighted by molar-refractivity contribution is 7.92. The normalized spacial score (nSPS) is 11.0.